The summed E-state index contributed by atoms with van der Waals surface area (Å²) in [5.74, 6) is 0.220. The highest BCUT2D eigenvalue weighted by Crippen LogP contribution is 2.30. The van der Waals surface area contributed by atoms with Gasteiger partial charge in [0.15, 0.2) is 5.69 Å². The third-order valence-electron chi connectivity index (χ3n) is 4.42. The Labute approximate surface area is 150 Å². The first kappa shape index (κ1) is 18.4. The molecule has 140 valence electrons. The normalized spacial score (nSPS) is 15.7. The summed E-state index contributed by atoms with van der Waals surface area (Å²) in [6, 6.07) is 4.84. The van der Waals surface area contributed by atoms with Gasteiger partial charge < -0.3 is 10.6 Å². The lowest BCUT2D eigenvalue weighted by Crippen LogP contribution is -2.24. The van der Waals surface area contributed by atoms with Gasteiger partial charge in [0.05, 0.1) is 0 Å². The van der Waals surface area contributed by atoms with Crippen molar-refractivity contribution in [2.24, 2.45) is 0 Å². The third kappa shape index (κ3) is 5.31. The van der Waals surface area contributed by atoms with Gasteiger partial charge in [0, 0.05) is 31.0 Å². The molecular formula is C18H22F3N5. The molecule has 0 aliphatic heterocycles. The predicted molar refractivity (Wildman–Crippen MR) is 94.0 cm³/mol. The Morgan fingerprint density at radius 3 is 2.46 bits per heavy atom. The van der Waals surface area contributed by atoms with Crippen molar-refractivity contribution in [2.45, 2.75) is 50.7 Å². The molecule has 26 heavy (non-hydrogen) atoms. The highest BCUT2D eigenvalue weighted by atomic mass is 19.4. The van der Waals surface area contributed by atoms with E-state index in [1.807, 2.05) is 12.1 Å². The second kappa shape index (κ2) is 8.33. The topological polar surface area (TPSA) is 62.7 Å². The average Bonchev–Trinajstić information content (AvgIpc) is 2.63. The van der Waals surface area contributed by atoms with Crippen LogP contribution in [-0.2, 0) is 12.6 Å². The van der Waals surface area contributed by atoms with Gasteiger partial charge in [-0.05, 0) is 37.0 Å². The number of aromatic nitrogens is 3. The van der Waals surface area contributed by atoms with Gasteiger partial charge in [0.1, 0.15) is 5.82 Å². The number of nitrogens with zero attached hydrogens (tertiary/aromatic N) is 3. The number of hydrogen-bond donors (Lipinski definition) is 2. The van der Waals surface area contributed by atoms with E-state index in [1.54, 1.807) is 12.4 Å². The Bertz CT molecular complexity index is 700. The minimum atomic E-state index is -4.51. The number of halogens is 3. The van der Waals surface area contributed by atoms with E-state index < -0.39 is 11.9 Å². The highest BCUT2D eigenvalue weighted by Gasteiger charge is 2.34. The Hall–Kier alpha value is -2.38. The number of alkyl halides is 3. The molecule has 0 atom stereocenters. The molecule has 1 fully saturated rings. The molecule has 1 aliphatic carbocycles. The molecular weight excluding hydrogens is 343 g/mol. The van der Waals surface area contributed by atoms with E-state index in [0.717, 1.165) is 37.3 Å². The quantitative estimate of drug-likeness (QED) is 0.800. The van der Waals surface area contributed by atoms with E-state index >= 15 is 0 Å². The summed E-state index contributed by atoms with van der Waals surface area (Å²) in [6.07, 6.45) is 4.73. The van der Waals surface area contributed by atoms with E-state index in [0.29, 0.717) is 13.0 Å². The summed E-state index contributed by atoms with van der Waals surface area (Å²) in [5, 5.41) is 6.04. The molecule has 0 aromatic carbocycles. The molecule has 1 aliphatic rings. The summed E-state index contributed by atoms with van der Waals surface area (Å²) in [5.41, 5.74) is 0.121. The molecule has 0 saturated heterocycles. The largest absolute Gasteiger partial charge is 0.433 e. The molecule has 1 saturated carbocycles. The van der Waals surface area contributed by atoms with Crippen molar-refractivity contribution in [3.8, 4) is 0 Å². The fraction of sp³-hybridized carbons (Fsp3) is 0.500. The van der Waals surface area contributed by atoms with Crippen molar-refractivity contribution >= 4 is 11.8 Å². The Balaban J connectivity index is 1.69. The molecule has 5 nitrogen and oxygen atoms in total. The lowest BCUT2D eigenvalue weighted by atomic mass is 9.96. The van der Waals surface area contributed by atoms with Crippen LogP contribution in [0.5, 0.6) is 0 Å². The molecule has 0 unspecified atom stereocenters. The van der Waals surface area contributed by atoms with E-state index in [2.05, 4.69) is 25.6 Å². The molecule has 3 rings (SSSR count). The van der Waals surface area contributed by atoms with Crippen molar-refractivity contribution in [2.75, 3.05) is 17.2 Å². The number of hydrogen-bond acceptors (Lipinski definition) is 5. The van der Waals surface area contributed by atoms with Crippen LogP contribution in [0.1, 0.15) is 43.4 Å². The fourth-order valence-corrected chi connectivity index (χ4v) is 3.06. The SMILES string of the molecule is FC(F)(F)c1cc(NCCc2ccncc2)nc(NC2CCCCC2)n1. The molecule has 0 radical (unpaired) electrons. The molecule has 0 amide bonds. The van der Waals surface area contributed by atoms with E-state index in [4.69, 9.17) is 0 Å². The van der Waals surface area contributed by atoms with Crippen LogP contribution in [0.15, 0.2) is 30.6 Å². The maximum absolute atomic E-state index is 13.2. The third-order valence-corrected chi connectivity index (χ3v) is 4.42. The van der Waals surface area contributed by atoms with Crippen LogP contribution in [0.25, 0.3) is 0 Å². The van der Waals surface area contributed by atoms with Gasteiger partial charge in [-0.15, -0.1) is 0 Å². The summed E-state index contributed by atoms with van der Waals surface area (Å²) in [7, 11) is 0. The summed E-state index contributed by atoms with van der Waals surface area (Å²) >= 11 is 0. The summed E-state index contributed by atoms with van der Waals surface area (Å²) in [4.78, 5) is 11.8. The molecule has 2 aromatic heterocycles. The standard InChI is InChI=1S/C18H22F3N5/c19-18(20,21)15-12-16(23-11-8-13-6-9-22-10-7-13)26-17(25-15)24-14-4-2-1-3-5-14/h6-7,9-10,12,14H,1-5,8,11H2,(H2,23,24,25,26). The van der Waals surface area contributed by atoms with Gasteiger partial charge in [0.2, 0.25) is 5.95 Å². The monoisotopic (exact) mass is 365 g/mol. The minimum Gasteiger partial charge on any atom is -0.370 e. The van der Waals surface area contributed by atoms with E-state index in [-0.39, 0.29) is 17.8 Å². The van der Waals surface area contributed by atoms with Crippen LogP contribution < -0.4 is 10.6 Å². The van der Waals surface area contributed by atoms with Crippen LogP contribution in [0.3, 0.4) is 0 Å². The zero-order valence-corrected chi connectivity index (χ0v) is 14.4. The van der Waals surface area contributed by atoms with Crippen LogP contribution >= 0.6 is 0 Å². The Morgan fingerprint density at radius 1 is 1.04 bits per heavy atom. The van der Waals surface area contributed by atoms with Crippen molar-refractivity contribution in [3.63, 3.8) is 0 Å². The number of nitrogens with one attached hydrogen (secondary N) is 2. The number of rotatable bonds is 6. The maximum atomic E-state index is 13.2. The average molecular weight is 365 g/mol. The second-order valence-electron chi connectivity index (χ2n) is 6.47. The maximum Gasteiger partial charge on any atom is 0.433 e. The highest BCUT2D eigenvalue weighted by molar-refractivity contribution is 5.43. The zero-order valence-electron chi connectivity index (χ0n) is 14.4. The lowest BCUT2D eigenvalue weighted by molar-refractivity contribution is -0.141. The molecule has 8 heteroatoms. The van der Waals surface area contributed by atoms with Gasteiger partial charge >= 0.3 is 6.18 Å². The van der Waals surface area contributed by atoms with Gasteiger partial charge in [-0.1, -0.05) is 19.3 Å². The summed E-state index contributed by atoms with van der Waals surface area (Å²) in [6.45, 7) is 0.473. The number of anilines is 2. The van der Waals surface area contributed by atoms with E-state index in [9.17, 15) is 13.2 Å². The Morgan fingerprint density at radius 2 is 1.77 bits per heavy atom. The first-order chi connectivity index (χ1) is 12.5. The first-order valence-electron chi connectivity index (χ1n) is 8.86. The Kier molecular flexibility index (Phi) is 5.90. The molecule has 0 bridgehead atoms. The van der Waals surface area contributed by atoms with Gasteiger partial charge in [0.25, 0.3) is 0 Å². The predicted octanol–water partition coefficient (Wildman–Crippen LogP) is 4.29. The second-order valence-corrected chi connectivity index (χ2v) is 6.47. The molecule has 0 spiro atoms. The van der Waals surface area contributed by atoms with Crippen LogP contribution in [0, 0.1) is 0 Å². The van der Waals surface area contributed by atoms with Crippen molar-refractivity contribution < 1.29 is 13.2 Å². The van der Waals surface area contributed by atoms with Gasteiger partial charge in [-0.25, -0.2) is 4.98 Å². The van der Waals surface area contributed by atoms with Crippen molar-refractivity contribution in [3.05, 3.63) is 41.9 Å². The van der Waals surface area contributed by atoms with Crippen molar-refractivity contribution in [1.82, 2.24) is 15.0 Å². The minimum absolute atomic E-state index is 0.0399. The first-order valence-corrected chi connectivity index (χ1v) is 8.86. The lowest BCUT2D eigenvalue weighted by Gasteiger charge is -2.23. The van der Waals surface area contributed by atoms with Gasteiger partial charge in [-0.2, -0.15) is 18.2 Å². The smallest absolute Gasteiger partial charge is 0.370 e. The van der Waals surface area contributed by atoms with Gasteiger partial charge in [-0.3, -0.25) is 4.98 Å². The summed E-state index contributed by atoms with van der Waals surface area (Å²) < 4.78 is 39.5. The van der Waals surface area contributed by atoms with Crippen LogP contribution in [0.4, 0.5) is 24.9 Å². The molecule has 2 aromatic rings. The fourth-order valence-electron chi connectivity index (χ4n) is 3.06. The number of pyridine rings is 1. The van der Waals surface area contributed by atoms with Crippen LogP contribution in [-0.4, -0.2) is 27.5 Å². The molecule has 2 heterocycles. The zero-order chi connectivity index (χ0) is 18.4. The van der Waals surface area contributed by atoms with Crippen LogP contribution in [0.2, 0.25) is 0 Å². The molecule has 2 N–H and O–H groups in total. The van der Waals surface area contributed by atoms with Crippen molar-refractivity contribution in [1.29, 1.82) is 0 Å². The van der Waals surface area contributed by atoms with E-state index in [1.165, 1.54) is 6.42 Å².